The number of alkyl halides is 1. The number of carbonyl (C=O) groups excluding carboxylic acids is 1. The van der Waals surface area contributed by atoms with E-state index in [9.17, 15) is 4.79 Å². The zero-order chi connectivity index (χ0) is 9.84. The first-order valence-corrected chi connectivity index (χ1v) is 5.11. The molecular weight excluding hydrogens is 207 g/mol. The van der Waals surface area contributed by atoms with E-state index in [-0.39, 0.29) is 5.92 Å². The monoisotopic (exact) mass is 218 g/mol. The predicted octanol–water partition coefficient (Wildman–Crippen LogP) is 3.27. The maximum absolute atomic E-state index is 10.8. The molecule has 1 aliphatic rings. The molecule has 2 unspecified atom stereocenters. The molecule has 0 fully saturated rings. The van der Waals surface area contributed by atoms with Crippen LogP contribution in [0.4, 0.5) is 0 Å². The third-order valence-corrected chi connectivity index (χ3v) is 3.03. The second-order valence-corrected chi connectivity index (χ2v) is 4.10. The van der Waals surface area contributed by atoms with Gasteiger partial charge in [0.1, 0.15) is 5.38 Å². The molecule has 0 aromatic heterocycles. The lowest BCUT2D eigenvalue weighted by atomic mass is 10.0. The molecule has 0 amide bonds. The highest BCUT2D eigenvalue weighted by atomic mass is 35.5. The van der Waals surface area contributed by atoms with Gasteiger partial charge in [0.2, 0.25) is 5.24 Å². The zero-order valence-corrected chi connectivity index (χ0v) is 8.98. The molecule has 0 aromatic rings. The SMILES string of the molecule is CC1=CCCC(C(Cl)C(=O)Cl)C=C1. The summed E-state index contributed by atoms with van der Waals surface area (Å²) in [6.07, 6.45) is 7.94. The van der Waals surface area contributed by atoms with Crippen LogP contribution in [0.1, 0.15) is 19.8 Å². The lowest BCUT2D eigenvalue weighted by molar-refractivity contribution is -0.111. The van der Waals surface area contributed by atoms with Crippen molar-refractivity contribution in [2.24, 2.45) is 5.92 Å². The third kappa shape index (κ3) is 3.17. The van der Waals surface area contributed by atoms with Gasteiger partial charge < -0.3 is 0 Å². The van der Waals surface area contributed by atoms with Crippen molar-refractivity contribution in [2.75, 3.05) is 0 Å². The largest absolute Gasteiger partial charge is 0.280 e. The summed E-state index contributed by atoms with van der Waals surface area (Å²) in [5.74, 6) is 0.0698. The fraction of sp³-hybridized carbons (Fsp3) is 0.500. The highest BCUT2D eigenvalue weighted by molar-refractivity contribution is 6.69. The summed E-state index contributed by atoms with van der Waals surface area (Å²) in [7, 11) is 0. The van der Waals surface area contributed by atoms with E-state index in [0.717, 1.165) is 12.8 Å². The highest BCUT2D eigenvalue weighted by Gasteiger charge is 2.22. The molecule has 1 rings (SSSR count). The Kier molecular flexibility index (Phi) is 4.01. The Morgan fingerprint density at radius 2 is 2.38 bits per heavy atom. The molecule has 1 nitrogen and oxygen atoms in total. The van der Waals surface area contributed by atoms with E-state index in [4.69, 9.17) is 23.2 Å². The van der Waals surface area contributed by atoms with Crippen LogP contribution in [-0.4, -0.2) is 10.6 Å². The molecule has 0 aromatic carbocycles. The molecule has 0 heterocycles. The van der Waals surface area contributed by atoms with Crippen molar-refractivity contribution in [1.29, 1.82) is 0 Å². The number of halogens is 2. The van der Waals surface area contributed by atoms with Crippen molar-refractivity contribution in [1.82, 2.24) is 0 Å². The van der Waals surface area contributed by atoms with Crippen LogP contribution in [0.2, 0.25) is 0 Å². The second kappa shape index (κ2) is 4.83. The molecule has 1 aliphatic carbocycles. The molecule has 72 valence electrons. The van der Waals surface area contributed by atoms with Gasteiger partial charge in [-0.05, 0) is 31.4 Å². The Bertz CT molecular complexity index is 256. The molecule has 0 N–H and O–H groups in total. The average Bonchev–Trinajstić information content (AvgIpc) is 2.28. The van der Waals surface area contributed by atoms with Crippen LogP contribution >= 0.6 is 23.2 Å². The number of allylic oxidation sites excluding steroid dienone is 4. The molecule has 0 aliphatic heterocycles. The highest BCUT2D eigenvalue weighted by Crippen LogP contribution is 2.24. The van der Waals surface area contributed by atoms with Gasteiger partial charge >= 0.3 is 0 Å². The van der Waals surface area contributed by atoms with Gasteiger partial charge in [0.15, 0.2) is 0 Å². The number of rotatable bonds is 2. The standard InChI is InChI=1S/C10H12Cl2O/c1-7-3-2-4-8(6-5-7)9(11)10(12)13/h3,5-6,8-9H,2,4H2,1H3. The normalized spacial score (nSPS) is 24.8. The third-order valence-electron chi connectivity index (χ3n) is 2.17. The van der Waals surface area contributed by atoms with Crippen molar-refractivity contribution in [3.8, 4) is 0 Å². The Balaban J connectivity index is 2.64. The topological polar surface area (TPSA) is 17.1 Å². The molecule has 0 bridgehead atoms. The quantitative estimate of drug-likeness (QED) is 0.514. The van der Waals surface area contributed by atoms with Crippen LogP contribution in [0.3, 0.4) is 0 Å². The average molecular weight is 219 g/mol. The summed E-state index contributed by atoms with van der Waals surface area (Å²) in [5.41, 5.74) is 1.22. The summed E-state index contributed by atoms with van der Waals surface area (Å²) >= 11 is 11.2. The van der Waals surface area contributed by atoms with Crippen LogP contribution in [0, 0.1) is 5.92 Å². The van der Waals surface area contributed by atoms with Crippen molar-refractivity contribution in [2.45, 2.75) is 25.1 Å². The van der Waals surface area contributed by atoms with Gasteiger partial charge in [-0.15, -0.1) is 11.6 Å². The molecule has 13 heavy (non-hydrogen) atoms. The fourth-order valence-electron chi connectivity index (χ4n) is 1.36. The van der Waals surface area contributed by atoms with Crippen molar-refractivity contribution in [3.05, 3.63) is 23.8 Å². The van der Waals surface area contributed by atoms with Gasteiger partial charge in [0.25, 0.3) is 0 Å². The Hall–Kier alpha value is -0.270. The van der Waals surface area contributed by atoms with Gasteiger partial charge in [0.05, 0.1) is 0 Å². The van der Waals surface area contributed by atoms with E-state index in [1.807, 2.05) is 19.1 Å². The minimum atomic E-state index is -0.586. The maximum Gasteiger partial charge on any atom is 0.240 e. The number of hydrogen-bond acceptors (Lipinski definition) is 1. The summed E-state index contributed by atoms with van der Waals surface area (Å²) in [6, 6.07) is 0. The molecule has 3 heteroatoms. The second-order valence-electron chi connectivity index (χ2n) is 3.25. The van der Waals surface area contributed by atoms with Crippen LogP contribution in [-0.2, 0) is 4.79 Å². The van der Waals surface area contributed by atoms with Crippen molar-refractivity contribution < 1.29 is 4.79 Å². The summed E-state index contributed by atoms with van der Waals surface area (Å²) in [4.78, 5) is 10.8. The number of carbonyl (C=O) groups is 1. The van der Waals surface area contributed by atoms with Crippen LogP contribution in [0.5, 0.6) is 0 Å². The molecular formula is C10H12Cl2O. The van der Waals surface area contributed by atoms with Gasteiger partial charge in [-0.3, -0.25) is 4.79 Å². The predicted molar refractivity (Wildman–Crippen MR) is 56.1 cm³/mol. The summed E-state index contributed by atoms with van der Waals surface area (Å²) < 4.78 is 0. The van der Waals surface area contributed by atoms with Gasteiger partial charge in [-0.2, -0.15) is 0 Å². The number of hydrogen-bond donors (Lipinski definition) is 0. The zero-order valence-electron chi connectivity index (χ0n) is 7.47. The van der Waals surface area contributed by atoms with Crippen molar-refractivity contribution in [3.63, 3.8) is 0 Å². The molecule has 0 spiro atoms. The summed E-state index contributed by atoms with van der Waals surface area (Å²) in [6.45, 7) is 2.03. The van der Waals surface area contributed by atoms with E-state index < -0.39 is 10.6 Å². The van der Waals surface area contributed by atoms with Gasteiger partial charge in [-0.25, -0.2) is 0 Å². The molecule has 2 atom stereocenters. The van der Waals surface area contributed by atoms with E-state index in [1.165, 1.54) is 5.57 Å². The minimum Gasteiger partial charge on any atom is -0.280 e. The van der Waals surface area contributed by atoms with E-state index >= 15 is 0 Å². The molecule has 0 radical (unpaired) electrons. The Morgan fingerprint density at radius 1 is 1.69 bits per heavy atom. The maximum atomic E-state index is 10.8. The Labute approximate surface area is 88.4 Å². The lowest BCUT2D eigenvalue weighted by Crippen LogP contribution is -2.18. The smallest absolute Gasteiger partial charge is 0.240 e. The van der Waals surface area contributed by atoms with E-state index in [2.05, 4.69) is 6.08 Å². The fourth-order valence-corrected chi connectivity index (χ4v) is 1.73. The molecule has 0 saturated heterocycles. The first-order chi connectivity index (χ1) is 6.11. The van der Waals surface area contributed by atoms with Crippen LogP contribution in [0.25, 0.3) is 0 Å². The Morgan fingerprint density at radius 3 is 3.00 bits per heavy atom. The minimum absolute atomic E-state index is 0.0698. The van der Waals surface area contributed by atoms with Crippen LogP contribution in [0.15, 0.2) is 23.8 Å². The van der Waals surface area contributed by atoms with Crippen molar-refractivity contribution >= 4 is 28.4 Å². The first-order valence-electron chi connectivity index (χ1n) is 4.29. The lowest BCUT2D eigenvalue weighted by Gasteiger charge is -2.13. The molecule has 0 saturated carbocycles. The van der Waals surface area contributed by atoms with E-state index in [0.29, 0.717) is 0 Å². The van der Waals surface area contributed by atoms with Gasteiger partial charge in [0, 0.05) is 5.92 Å². The summed E-state index contributed by atoms with van der Waals surface area (Å²) in [5, 5.41) is -1.05. The van der Waals surface area contributed by atoms with E-state index in [1.54, 1.807) is 0 Å². The van der Waals surface area contributed by atoms with Crippen LogP contribution < -0.4 is 0 Å². The van der Waals surface area contributed by atoms with Gasteiger partial charge in [-0.1, -0.05) is 23.8 Å². The first kappa shape index (κ1) is 10.8.